The van der Waals surface area contributed by atoms with Gasteiger partial charge in [-0.2, -0.15) is 0 Å². The SMILES string of the molecule is CCOC(=O)Cc1ccc2c(c1)C(N)CC2. The molecule has 1 aromatic carbocycles. The van der Waals surface area contributed by atoms with E-state index in [9.17, 15) is 4.79 Å². The Kier molecular flexibility index (Phi) is 3.25. The normalized spacial score (nSPS) is 18.2. The van der Waals surface area contributed by atoms with Gasteiger partial charge in [-0.3, -0.25) is 4.79 Å². The predicted molar refractivity (Wildman–Crippen MR) is 62.0 cm³/mol. The first-order valence-electron chi connectivity index (χ1n) is 5.73. The molecule has 0 fully saturated rings. The average molecular weight is 219 g/mol. The lowest BCUT2D eigenvalue weighted by molar-refractivity contribution is -0.142. The molecule has 0 aliphatic heterocycles. The number of aryl methyl sites for hydroxylation is 1. The van der Waals surface area contributed by atoms with Crippen LogP contribution in [0, 0.1) is 0 Å². The van der Waals surface area contributed by atoms with Crippen molar-refractivity contribution in [3.63, 3.8) is 0 Å². The summed E-state index contributed by atoms with van der Waals surface area (Å²) in [6.45, 7) is 2.25. The van der Waals surface area contributed by atoms with Crippen LogP contribution in [-0.4, -0.2) is 12.6 Å². The first-order chi connectivity index (χ1) is 7.70. The molecule has 0 bridgehead atoms. The molecule has 3 heteroatoms. The van der Waals surface area contributed by atoms with Gasteiger partial charge in [0.15, 0.2) is 0 Å². The third kappa shape index (κ3) is 2.25. The van der Waals surface area contributed by atoms with Gasteiger partial charge in [-0.05, 0) is 36.5 Å². The minimum atomic E-state index is -0.172. The summed E-state index contributed by atoms with van der Waals surface area (Å²) in [5, 5.41) is 0. The standard InChI is InChI=1S/C13H17NO2/c1-2-16-13(15)8-9-3-4-10-5-6-12(14)11(10)7-9/h3-4,7,12H,2,5-6,8,14H2,1H3. The van der Waals surface area contributed by atoms with Crippen molar-refractivity contribution in [3.8, 4) is 0 Å². The molecule has 0 amide bonds. The number of carbonyl (C=O) groups excluding carboxylic acids is 1. The highest BCUT2D eigenvalue weighted by Crippen LogP contribution is 2.29. The Morgan fingerprint density at radius 2 is 2.38 bits per heavy atom. The maximum atomic E-state index is 11.3. The van der Waals surface area contributed by atoms with E-state index < -0.39 is 0 Å². The highest BCUT2D eigenvalue weighted by molar-refractivity contribution is 5.72. The van der Waals surface area contributed by atoms with Crippen LogP contribution in [0.2, 0.25) is 0 Å². The van der Waals surface area contributed by atoms with Crippen LogP contribution in [0.3, 0.4) is 0 Å². The summed E-state index contributed by atoms with van der Waals surface area (Å²) in [6, 6.07) is 6.26. The number of hydrogen-bond acceptors (Lipinski definition) is 3. The minimum absolute atomic E-state index is 0.136. The van der Waals surface area contributed by atoms with Crippen molar-refractivity contribution in [1.82, 2.24) is 0 Å². The lowest BCUT2D eigenvalue weighted by Gasteiger charge is -2.07. The number of benzene rings is 1. The van der Waals surface area contributed by atoms with Crippen LogP contribution in [0.25, 0.3) is 0 Å². The van der Waals surface area contributed by atoms with Gasteiger partial charge in [0.1, 0.15) is 0 Å². The Labute approximate surface area is 95.6 Å². The molecule has 16 heavy (non-hydrogen) atoms. The average Bonchev–Trinajstić information content (AvgIpc) is 2.61. The second-order valence-electron chi connectivity index (χ2n) is 4.16. The van der Waals surface area contributed by atoms with Crippen LogP contribution in [0.15, 0.2) is 18.2 Å². The number of ether oxygens (including phenoxy) is 1. The summed E-state index contributed by atoms with van der Waals surface area (Å²) in [5.74, 6) is -0.172. The highest BCUT2D eigenvalue weighted by atomic mass is 16.5. The van der Waals surface area contributed by atoms with Crippen LogP contribution < -0.4 is 5.73 Å². The topological polar surface area (TPSA) is 52.3 Å². The first-order valence-corrected chi connectivity index (χ1v) is 5.73. The third-order valence-corrected chi connectivity index (χ3v) is 2.99. The molecule has 1 unspecified atom stereocenters. The molecule has 0 saturated heterocycles. The lowest BCUT2D eigenvalue weighted by Crippen LogP contribution is -2.09. The predicted octanol–water partition coefficient (Wildman–Crippen LogP) is 1.74. The molecule has 2 rings (SSSR count). The molecule has 0 radical (unpaired) electrons. The summed E-state index contributed by atoms with van der Waals surface area (Å²) in [4.78, 5) is 11.3. The van der Waals surface area contributed by atoms with E-state index in [4.69, 9.17) is 10.5 Å². The molecule has 1 aromatic rings. The summed E-state index contributed by atoms with van der Waals surface area (Å²) < 4.78 is 4.92. The molecule has 86 valence electrons. The van der Waals surface area contributed by atoms with Crippen molar-refractivity contribution in [2.45, 2.75) is 32.2 Å². The van der Waals surface area contributed by atoms with Crippen LogP contribution >= 0.6 is 0 Å². The van der Waals surface area contributed by atoms with Crippen molar-refractivity contribution in [2.24, 2.45) is 5.73 Å². The Morgan fingerprint density at radius 1 is 1.56 bits per heavy atom. The van der Waals surface area contributed by atoms with Crippen LogP contribution in [0.4, 0.5) is 0 Å². The Morgan fingerprint density at radius 3 is 3.12 bits per heavy atom. The van der Waals surface area contributed by atoms with Crippen LogP contribution in [0.1, 0.15) is 36.1 Å². The van der Waals surface area contributed by atoms with Gasteiger partial charge in [0.05, 0.1) is 13.0 Å². The van der Waals surface area contributed by atoms with Gasteiger partial charge in [0.2, 0.25) is 0 Å². The Hall–Kier alpha value is -1.35. The number of fused-ring (bicyclic) bond motifs is 1. The second-order valence-corrected chi connectivity index (χ2v) is 4.16. The highest BCUT2D eigenvalue weighted by Gasteiger charge is 2.19. The first kappa shape index (κ1) is 11.1. The van der Waals surface area contributed by atoms with Gasteiger partial charge in [-0.1, -0.05) is 18.2 Å². The molecule has 1 aliphatic carbocycles. The van der Waals surface area contributed by atoms with Crippen LogP contribution in [-0.2, 0) is 22.4 Å². The molecule has 1 aliphatic rings. The Bertz CT molecular complexity index is 401. The number of carbonyl (C=O) groups is 1. The van der Waals surface area contributed by atoms with E-state index >= 15 is 0 Å². The van der Waals surface area contributed by atoms with E-state index in [0.717, 1.165) is 18.4 Å². The van der Waals surface area contributed by atoms with Crippen molar-refractivity contribution >= 4 is 5.97 Å². The van der Waals surface area contributed by atoms with E-state index in [1.165, 1.54) is 11.1 Å². The van der Waals surface area contributed by atoms with E-state index in [0.29, 0.717) is 13.0 Å². The van der Waals surface area contributed by atoms with E-state index in [1.807, 2.05) is 19.1 Å². The number of rotatable bonds is 3. The zero-order valence-electron chi connectivity index (χ0n) is 9.53. The smallest absolute Gasteiger partial charge is 0.310 e. The zero-order chi connectivity index (χ0) is 11.5. The quantitative estimate of drug-likeness (QED) is 0.788. The van der Waals surface area contributed by atoms with Gasteiger partial charge in [0.25, 0.3) is 0 Å². The van der Waals surface area contributed by atoms with Gasteiger partial charge < -0.3 is 10.5 Å². The van der Waals surface area contributed by atoms with Gasteiger partial charge in [-0.15, -0.1) is 0 Å². The second kappa shape index (κ2) is 4.66. The zero-order valence-corrected chi connectivity index (χ0v) is 9.53. The fourth-order valence-corrected chi connectivity index (χ4v) is 2.17. The molecule has 0 aromatic heterocycles. The van der Waals surface area contributed by atoms with Gasteiger partial charge in [-0.25, -0.2) is 0 Å². The summed E-state index contributed by atoms with van der Waals surface area (Å²) in [6.07, 6.45) is 2.40. The van der Waals surface area contributed by atoms with E-state index in [-0.39, 0.29) is 12.0 Å². The molecular formula is C13H17NO2. The van der Waals surface area contributed by atoms with Crippen LogP contribution in [0.5, 0.6) is 0 Å². The van der Waals surface area contributed by atoms with Crippen molar-refractivity contribution in [3.05, 3.63) is 34.9 Å². The number of nitrogens with two attached hydrogens (primary N) is 1. The fourth-order valence-electron chi connectivity index (χ4n) is 2.17. The molecule has 0 heterocycles. The summed E-state index contributed by atoms with van der Waals surface area (Å²) >= 11 is 0. The molecule has 0 saturated carbocycles. The fraction of sp³-hybridized carbons (Fsp3) is 0.462. The molecule has 2 N–H and O–H groups in total. The molecule has 3 nitrogen and oxygen atoms in total. The van der Waals surface area contributed by atoms with Gasteiger partial charge >= 0.3 is 5.97 Å². The number of esters is 1. The van der Waals surface area contributed by atoms with Gasteiger partial charge in [0, 0.05) is 6.04 Å². The monoisotopic (exact) mass is 219 g/mol. The van der Waals surface area contributed by atoms with E-state index in [1.54, 1.807) is 0 Å². The number of hydrogen-bond donors (Lipinski definition) is 1. The molecule has 1 atom stereocenters. The van der Waals surface area contributed by atoms with Crippen molar-refractivity contribution < 1.29 is 9.53 Å². The Balaban J connectivity index is 2.12. The lowest BCUT2D eigenvalue weighted by atomic mass is 10.0. The van der Waals surface area contributed by atoms with Crippen molar-refractivity contribution in [1.29, 1.82) is 0 Å². The van der Waals surface area contributed by atoms with Crippen molar-refractivity contribution in [2.75, 3.05) is 6.61 Å². The summed E-state index contributed by atoms with van der Waals surface area (Å²) in [5.41, 5.74) is 9.50. The molecule has 0 spiro atoms. The maximum Gasteiger partial charge on any atom is 0.310 e. The third-order valence-electron chi connectivity index (χ3n) is 2.99. The summed E-state index contributed by atoms with van der Waals surface area (Å²) in [7, 11) is 0. The largest absolute Gasteiger partial charge is 0.466 e. The van der Waals surface area contributed by atoms with E-state index in [2.05, 4.69) is 6.07 Å². The molecular weight excluding hydrogens is 202 g/mol. The maximum absolute atomic E-state index is 11.3. The minimum Gasteiger partial charge on any atom is -0.466 e.